The number of nitriles is 1. The fourth-order valence-corrected chi connectivity index (χ4v) is 6.48. The molecule has 0 unspecified atom stereocenters. The van der Waals surface area contributed by atoms with Crippen LogP contribution in [0.2, 0.25) is 0 Å². The Balaban J connectivity index is 1.66. The number of fused-ring (bicyclic) bond motifs is 6. The summed E-state index contributed by atoms with van der Waals surface area (Å²) in [6.45, 7) is 8.34. The van der Waals surface area contributed by atoms with E-state index in [0.29, 0.717) is 11.3 Å². The van der Waals surface area contributed by atoms with E-state index in [1.54, 1.807) is 6.07 Å². The normalized spacial score (nSPS) is 11.3. The molecule has 0 aliphatic heterocycles. The third-order valence-corrected chi connectivity index (χ3v) is 8.16. The molecule has 6 aromatic carbocycles. The summed E-state index contributed by atoms with van der Waals surface area (Å²) in [4.78, 5) is 4.05. The molecule has 2 aromatic heterocycles. The lowest BCUT2D eigenvalue weighted by molar-refractivity contribution is 1.13. The molecular weight excluding hydrogens is 512 g/mol. The minimum atomic E-state index is 0.432. The number of nitrogens with zero attached hydrogens (tertiary/aromatic N) is 4. The fraction of sp³-hybridized carbons (Fsp3) is 0. The van der Waals surface area contributed by atoms with Gasteiger partial charge in [-0.15, -0.1) is 0 Å². The van der Waals surface area contributed by atoms with Gasteiger partial charge in [-0.05, 0) is 35.9 Å². The zero-order valence-electron chi connectivity index (χ0n) is 22.5. The maximum atomic E-state index is 10.6. The van der Waals surface area contributed by atoms with Gasteiger partial charge in [0.1, 0.15) is 6.07 Å². The molecule has 0 radical (unpaired) electrons. The van der Waals surface area contributed by atoms with E-state index in [2.05, 4.69) is 92.8 Å². The summed E-state index contributed by atoms with van der Waals surface area (Å²) in [6.07, 6.45) is 0. The van der Waals surface area contributed by atoms with Crippen molar-refractivity contribution in [3.63, 3.8) is 0 Å². The van der Waals surface area contributed by atoms with E-state index < -0.39 is 0 Å². The van der Waals surface area contributed by atoms with Crippen molar-refractivity contribution in [3.8, 4) is 28.6 Å². The Kier molecular flexibility index (Phi) is 5.22. The minimum absolute atomic E-state index is 0.432. The molecule has 8 aromatic rings. The lowest BCUT2D eigenvalue weighted by atomic mass is 9.95. The summed E-state index contributed by atoms with van der Waals surface area (Å²) in [5.41, 5.74) is 8.25. The van der Waals surface area contributed by atoms with E-state index in [4.69, 9.17) is 6.57 Å². The SMILES string of the molecule is [C-]#[N+]c1cc(C#N)c(-n2c3ccccc3c3ccccc32)c(-c2ccccc2)c1-n1c2ccccc2c2ccccc21. The standard InChI is InChI=1S/C38H22N4/c1-40-31-23-26(24-39)37(41-32-19-9-5-15-27(32)28-16-6-10-20-33(28)41)36(25-13-3-2-4-14-25)38(31)42-34-21-11-7-17-29(34)30-18-8-12-22-35(30)42/h2-23H. The molecule has 0 bridgehead atoms. The van der Waals surface area contributed by atoms with Gasteiger partial charge in [0.15, 0.2) is 0 Å². The third-order valence-electron chi connectivity index (χ3n) is 8.16. The highest BCUT2D eigenvalue weighted by atomic mass is 15.0. The van der Waals surface area contributed by atoms with Gasteiger partial charge in [0, 0.05) is 27.1 Å². The molecule has 4 heteroatoms. The van der Waals surface area contributed by atoms with E-state index in [1.165, 1.54) is 0 Å². The third kappa shape index (κ3) is 3.27. The summed E-state index contributed by atoms with van der Waals surface area (Å²) < 4.78 is 4.41. The Morgan fingerprint density at radius 1 is 0.524 bits per heavy atom. The molecule has 0 amide bonds. The van der Waals surface area contributed by atoms with Crippen LogP contribution in [0.5, 0.6) is 0 Å². The molecule has 0 N–H and O–H groups in total. The van der Waals surface area contributed by atoms with Gasteiger partial charge in [0.25, 0.3) is 0 Å². The molecule has 42 heavy (non-hydrogen) atoms. The number of benzene rings is 6. The molecule has 194 valence electrons. The van der Waals surface area contributed by atoms with Gasteiger partial charge in [-0.2, -0.15) is 5.26 Å². The Hall–Kier alpha value is -6.10. The topological polar surface area (TPSA) is 38.0 Å². The lowest BCUT2D eigenvalue weighted by Crippen LogP contribution is -2.06. The van der Waals surface area contributed by atoms with Crippen molar-refractivity contribution >= 4 is 49.3 Å². The smallest absolute Gasteiger partial charge is 0.212 e. The molecule has 8 rings (SSSR count). The highest BCUT2D eigenvalue weighted by Gasteiger charge is 2.26. The highest BCUT2D eigenvalue weighted by Crippen LogP contribution is 2.47. The predicted octanol–water partition coefficient (Wildman–Crippen LogP) is 9.97. The highest BCUT2D eigenvalue weighted by molar-refractivity contribution is 6.13. The number of para-hydroxylation sites is 4. The first-order valence-electron chi connectivity index (χ1n) is 13.8. The zero-order chi connectivity index (χ0) is 28.2. The second-order valence-electron chi connectivity index (χ2n) is 10.3. The number of hydrogen-bond donors (Lipinski definition) is 0. The van der Waals surface area contributed by atoms with Crippen LogP contribution in [-0.2, 0) is 0 Å². The van der Waals surface area contributed by atoms with Crippen molar-refractivity contribution in [2.75, 3.05) is 0 Å². The second-order valence-corrected chi connectivity index (χ2v) is 10.3. The monoisotopic (exact) mass is 534 g/mol. The first kappa shape index (κ1) is 23.8. The molecule has 0 saturated heterocycles. The van der Waals surface area contributed by atoms with E-state index in [-0.39, 0.29) is 0 Å². The van der Waals surface area contributed by atoms with Gasteiger partial charge in [-0.3, -0.25) is 0 Å². The molecule has 0 spiro atoms. The van der Waals surface area contributed by atoms with Crippen molar-refractivity contribution in [2.24, 2.45) is 0 Å². The maximum absolute atomic E-state index is 10.6. The van der Waals surface area contributed by atoms with Gasteiger partial charge in [0.05, 0.1) is 45.6 Å². The minimum Gasteiger partial charge on any atom is -0.318 e. The predicted molar refractivity (Wildman–Crippen MR) is 172 cm³/mol. The summed E-state index contributed by atoms with van der Waals surface area (Å²) in [7, 11) is 0. The number of rotatable bonds is 3. The molecule has 0 fully saturated rings. The van der Waals surface area contributed by atoms with Crippen LogP contribution in [0.25, 0.3) is 71.0 Å². The maximum Gasteiger partial charge on any atom is 0.212 e. The molecular formula is C38H22N4. The molecule has 2 heterocycles. The van der Waals surface area contributed by atoms with Crippen LogP contribution < -0.4 is 0 Å². The van der Waals surface area contributed by atoms with E-state index in [9.17, 15) is 5.26 Å². The van der Waals surface area contributed by atoms with E-state index in [1.807, 2.05) is 54.6 Å². The van der Waals surface area contributed by atoms with Crippen molar-refractivity contribution in [2.45, 2.75) is 0 Å². The van der Waals surface area contributed by atoms with Gasteiger partial charge in [-0.25, -0.2) is 4.85 Å². The fourth-order valence-electron chi connectivity index (χ4n) is 6.48. The summed E-state index contributed by atoms with van der Waals surface area (Å²) in [6, 6.07) is 47.7. The Morgan fingerprint density at radius 2 is 0.929 bits per heavy atom. The van der Waals surface area contributed by atoms with Crippen molar-refractivity contribution < 1.29 is 0 Å². The second kappa shape index (κ2) is 9.24. The average Bonchev–Trinajstić information content (AvgIpc) is 3.57. The quantitative estimate of drug-likeness (QED) is 0.208. The van der Waals surface area contributed by atoms with Crippen molar-refractivity contribution in [1.29, 1.82) is 5.26 Å². The van der Waals surface area contributed by atoms with Crippen LogP contribution in [-0.4, -0.2) is 9.13 Å². The first-order valence-corrected chi connectivity index (χ1v) is 13.8. The van der Waals surface area contributed by atoms with Crippen LogP contribution in [0.3, 0.4) is 0 Å². The van der Waals surface area contributed by atoms with E-state index in [0.717, 1.165) is 66.1 Å². The summed E-state index contributed by atoms with van der Waals surface area (Å²) >= 11 is 0. The average molecular weight is 535 g/mol. The Labute approximate surface area is 242 Å². The largest absolute Gasteiger partial charge is 0.318 e. The molecule has 4 nitrogen and oxygen atoms in total. The Morgan fingerprint density at radius 3 is 1.36 bits per heavy atom. The van der Waals surface area contributed by atoms with Crippen LogP contribution in [0.15, 0.2) is 133 Å². The summed E-state index contributed by atoms with van der Waals surface area (Å²) in [5, 5.41) is 15.1. The number of aromatic nitrogens is 2. The van der Waals surface area contributed by atoms with E-state index >= 15 is 0 Å². The van der Waals surface area contributed by atoms with Crippen molar-refractivity contribution in [1.82, 2.24) is 9.13 Å². The zero-order valence-corrected chi connectivity index (χ0v) is 22.5. The van der Waals surface area contributed by atoms with Crippen molar-refractivity contribution in [3.05, 3.63) is 150 Å². The molecule has 0 atom stereocenters. The van der Waals surface area contributed by atoms with Crippen LogP contribution >= 0.6 is 0 Å². The lowest BCUT2D eigenvalue weighted by Gasteiger charge is -2.23. The Bertz CT molecular complexity index is 2170. The van der Waals surface area contributed by atoms with Gasteiger partial charge in [0.2, 0.25) is 5.69 Å². The summed E-state index contributed by atoms with van der Waals surface area (Å²) in [5.74, 6) is 0. The molecule has 0 saturated carbocycles. The number of hydrogen-bond acceptors (Lipinski definition) is 1. The van der Waals surface area contributed by atoms with Gasteiger partial charge < -0.3 is 9.13 Å². The molecule has 0 aliphatic rings. The van der Waals surface area contributed by atoms with Crippen LogP contribution in [0.4, 0.5) is 5.69 Å². The van der Waals surface area contributed by atoms with Crippen LogP contribution in [0, 0.1) is 17.9 Å². The molecule has 0 aliphatic carbocycles. The van der Waals surface area contributed by atoms with Gasteiger partial charge in [-0.1, -0.05) is 103 Å². The van der Waals surface area contributed by atoms with Crippen LogP contribution in [0.1, 0.15) is 5.56 Å². The first-order chi connectivity index (χ1) is 20.8. The van der Waals surface area contributed by atoms with Gasteiger partial charge >= 0.3 is 0 Å².